The minimum Gasteiger partial charge on any atom is -0.485 e. The minimum atomic E-state index is -0.537. The lowest BCUT2D eigenvalue weighted by molar-refractivity contribution is 0.124. The third-order valence-electron chi connectivity index (χ3n) is 1.55. The van der Waals surface area contributed by atoms with Crippen molar-refractivity contribution in [3.63, 3.8) is 0 Å². The normalized spacial score (nSPS) is 11.5. The van der Waals surface area contributed by atoms with E-state index in [9.17, 15) is 4.39 Å². The molecule has 0 aliphatic carbocycles. The van der Waals surface area contributed by atoms with E-state index in [1.54, 1.807) is 6.07 Å². The Hall–Kier alpha value is -1.09. The van der Waals surface area contributed by atoms with Crippen LogP contribution in [0.4, 0.5) is 4.39 Å². The topological polar surface area (TPSA) is 29.5 Å². The molecular formula is C11H14FO2. The van der Waals surface area contributed by atoms with Gasteiger partial charge in [0.05, 0.1) is 0 Å². The van der Waals surface area contributed by atoms with Crippen molar-refractivity contribution in [1.82, 2.24) is 0 Å². The summed E-state index contributed by atoms with van der Waals surface area (Å²) in [6.07, 6.45) is 0. The third-order valence-corrected chi connectivity index (χ3v) is 1.55. The molecule has 0 aliphatic rings. The molecule has 0 heterocycles. The average Bonchev–Trinajstić information content (AvgIpc) is 2.06. The van der Waals surface area contributed by atoms with E-state index in [-0.39, 0.29) is 11.3 Å². The van der Waals surface area contributed by atoms with Gasteiger partial charge in [0.15, 0.2) is 11.6 Å². The standard InChI is InChI=1S/C11H14FO2/c1-11(2,3)14-9-6-4-5-8(7-13)10(9)12/h4-7,13H,1-3H3. The van der Waals surface area contributed by atoms with Crippen LogP contribution in [-0.2, 0) is 0 Å². The molecule has 0 spiro atoms. The van der Waals surface area contributed by atoms with Crippen molar-refractivity contribution in [1.29, 1.82) is 0 Å². The van der Waals surface area contributed by atoms with Gasteiger partial charge >= 0.3 is 0 Å². The molecule has 0 saturated heterocycles. The highest BCUT2D eigenvalue weighted by Crippen LogP contribution is 2.24. The van der Waals surface area contributed by atoms with Gasteiger partial charge in [-0.2, -0.15) is 0 Å². The van der Waals surface area contributed by atoms with Crippen LogP contribution in [0.25, 0.3) is 0 Å². The average molecular weight is 197 g/mol. The maximum absolute atomic E-state index is 13.5. The van der Waals surface area contributed by atoms with Gasteiger partial charge in [-0.25, -0.2) is 4.39 Å². The Morgan fingerprint density at radius 1 is 1.36 bits per heavy atom. The lowest BCUT2D eigenvalue weighted by Crippen LogP contribution is -2.23. The Morgan fingerprint density at radius 2 is 2.00 bits per heavy atom. The van der Waals surface area contributed by atoms with Gasteiger partial charge in [0.2, 0.25) is 0 Å². The maximum atomic E-state index is 13.5. The molecular weight excluding hydrogens is 183 g/mol. The number of ether oxygens (including phenoxy) is 1. The predicted octanol–water partition coefficient (Wildman–Crippen LogP) is 2.89. The van der Waals surface area contributed by atoms with Crippen LogP contribution in [-0.4, -0.2) is 10.7 Å². The fourth-order valence-corrected chi connectivity index (χ4v) is 1.04. The first kappa shape index (κ1) is 11.0. The molecule has 1 N–H and O–H groups in total. The predicted molar refractivity (Wildman–Crippen MR) is 52.1 cm³/mol. The summed E-state index contributed by atoms with van der Waals surface area (Å²) in [5.74, 6) is -0.384. The van der Waals surface area contributed by atoms with Crippen molar-refractivity contribution >= 4 is 0 Å². The van der Waals surface area contributed by atoms with E-state index in [2.05, 4.69) is 0 Å². The number of rotatable bonds is 2. The van der Waals surface area contributed by atoms with Gasteiger partial charge in [0.25, 0.3) is 0 Å². The number of benzene rings is 1. The molecule has 0 aromatic heterocycles. The van der Waals surface area contributed by atoms with E-state index in [0.717, 1.165) is 6.61 Å². The van der Waals surface area contributed by atoms with Crippen molar-refractivity contribution < 1.29 is 14.2 Å². The Kier molecular flexibility index (Phi) is 3.11. The van der Waals surface area contributed by atoms with Crippen LogP contribution in [0.15, 0.2) is 18.2 Å². The van der Waals surface area contributed by atoms with Gasteiger partial charge in [-0.3, -0.25) is 0 Å². The van der Waals surface area contributed by atoms with Gasteiger partial charge in [0.1, 0.15) is 12.2 Å². The van der Waals surface area contributed by atoms with Crippen LogP contribution < -0.4 is 4.74 Å². The molecule has 0 saturated carbocycles. The van der Waals surface area contributed by atoms with Gasteiger partial charge in [-0.05, 0) is 26.8 Å². The largest absolute Gasteiger partial charge is 0.485 e. The highest BCUT2D eigenvalue weighted by atomic mass is 19.1. The second-order valence-electron chi connectivity index (χ2n) is 4.00. The summed E-state index contributed by atoms with van der Waals surface area (Å²) in [5, 5.41) is 8.72. The SMILES string of the molecule is CC(C)(C)Oc1cccc([CH]O)c1F. The quantitative estimate of drug-likeness (QED) is 0.789. The molecule has 0 amide bonds. The first-order valence-corrected chi connectivity index (χ1v) is 4.39. The summed E-state index contributed by atoms with van der Waals surface area (Å²) in [4.78, 5) is 0. The Balaban J connectivity index is 2.98. The first-order valence-electron chi connectivity index (χ1n) is 4.39. The molecule has 1 aromatic carbocycles. The first-order chi connectivity index (χ1) is 6.44. The number of aliphatic hydroxyl groups is 1. The van der Waals surface area contributed by atoms with Crippen LogP contribution in [0, 0.1) is 12.4 Å². The van der Waals surface area contributed by atoms with Crippen molar-refractivity contribution in [3.8, 4) is 5.75 Å². The van der Waals surface area contributed by atoms with Crippen molar-refractivity contribution in [3.05, 3.63) is 36.2 Å². The molecule has 14 heavy (non-hydrogen) atoms. The van der Waals surface area contributed by atoms with Crippen LogP contribution in [0.1, 0.15) is 26.3 Å². The molecule has 0 bridgehead atoms. The van der Waals surface area contributed by atoms with Gasteiger partial charge in [0, 0.05) is 5.56 Å². The van der Waals surface area contributed by atoms with Crippen LogP contribution in [0.3, 0.4) is 0 Å². The third kappa shape index (κ3) is 2.70. The highest BCUT2D eigenvalue weighted by molar-refractivity contribution is 5.34. The van der Waals surface area contributed by atoms with Crippen molar-refractivity contribution in [2.24, 2.45) is 0 Å². The lowest BCUT2D eigenvalue weighted by Gasteiger charge is -2.21. The fourth-order valence-electron chi connectivity index (χ4n) is 1.04. The molecule has 0 atom stereocenters. The summed E-state index contributed by atoms with van der Waals surface area (Å²) >= 11 is 0. The van der Waals surface area contributed by atoms with Crippen LogP contribution >= 0.6 is 0 Å². The van der Waals surface area contributed by atoms with Gasteiger partial charge in [-0.1, -0.05) is 12.1 Å². The molecule has 1 aromatic rings. The minimum absolute atomic E-state index is 0.131. The summed E-state index contributed by atoms with van der Waals surface area (Å²) < 4.78 is 18.9. The Morgan fingerprint density at radius 3 is 2.50 bits per heavy atom. The van der Waals surface area contributed by atoms with E-state index < -0.39 is 11.4 Å². The summed E-state index contributed by atoms with van der Waals surface area (Å²) in [6.45, 7) is 6.23. The van der Waals surface area contributed by atoms with E-state index in [4.69, 9.17) is 9.84 Å². The molecule has 1 rings (SSSR count). The molecule has 0 unspecified atom stereocenters. The monoisotopic (exact) mass is 197 g/mol. The summed E-state index contributed by atoms with van der Waals surface area (Å²) in [5.41, 5.74) is -0.318. The molecule has 0 aliphatic heterocycles. The molecule has 0 fully saturated rings. The summed E-state index contributed by atoms with van der Waals surface area (Å²) in [6, 6.07) is 4.64. The Bertz CT molecular complexity index is 316. The van der Waals surface area contributed by atoms with E-state index >= 15 is 0 Å². The number of halogens is 1. The van der Waals surface area contributed by atoms with Gasteiger partial charge in [-0.15, -0.1) is 0 Å². The Labute approximate surface area is 83.3 Å². The zero-order valence-corrected chi connectivity index (χ0v) is 8.54. The van der Waals surface area contributed by atoms with Crippen LogP contribution in [0.2, 0.25) is 0 Å². The number of hydrogen-bond acceptors (Lipinski definition) is 2. The second kappa shape index (κ2) is 3.96. The summed E-state index contributed by atoms with van der Waals surface area (Å²) in [7, 11) is 0. The molecule has 77 valence electrons. The van der Waals surface area contributed by atoms with E-state index in [1.165, 1.54) is 12.1 Å². The smallest absolute Gasteiger partial charge is 0.170 e. The van der Waals surface area contributed by atoms with Gasteiger partial charge < -0.3 is 9.84 Å². The van der Waals surface area contributed by atoms with Crippen molar-refractivity contribution in [2.45, 2.75) is 26.4 Å². The highest BCUT2D eigenvalue weighted by Gasteiger charge is 2.16. The molecule has 2 nitrogen and oxygen atoms in total. The second-order valence-corrected chi connectivity index (χ2v) is 4.00. The van der Waals surface area contributed by atoms with E-state index in [1.807, 2.05) is 20.8 Å². The maximum Gasteiger partial charge on any atom is 0.170 e. The van der Waals surface area contributed by atoms with E-state index in [0.29, 0.717) is 0 Å². The fraction of sp³-hybridized carbons (Fsp3) is 0.364. The molecule has 1 radical (unpaired) electrons. The molecule has 3 heteroatoms. The number of hydrogen-bond donors (Lipinski definition) is 1. The van der Waals surface area contributed by atoms with Crippen LogP contribution in [0.5, 0.6) is 5.75 Å². The zero-order chi connectivity index (χ0) is 10.8. The lowest BCUT2D eigenvalue weighted by atomic mass is 10.1. The zero-order valence-electron chi connectivity index (χ0n) is 8.54. The van der Waals surface area contributed by atoms with Crippen molar-refractivity contribution in [2.75, 3.05) is 0 Å². The number of aliphatic hydroxyl groups excluding tert-OH is 1.